The summed E-state index contributed by atoms with van der Waals surface area (Å²) in [6.45, 7) is 7.14. The summed E-state index contributed by atoms with van der Waals surface area (Å²) < 4.78 is 4.80. The highest BCUT2D eigenvalue weighted by molar-refractivity contribution is 5.81. The second-order valence-corrected chi connectivity index (χ2v) is 4.28. The zero-order valence-electron chi connectivity index (χ0n) is 11.3. The number of ether oxygens (including phenoxy) is 1. The Labute approximate surface area is 109 Å². The van der Waals surface area contributed by atoms with Gasteiger partial charge in [0.1, 0.15) is 0 Å². The van der Waals surface area contributed by atoms with Gasteiger partial charge in [-0.15, -0.1) is 0 Å². The molecule has 0 saturated carbocycles. The smallest absolute Gasteiger partial charge is 0.330 e. The molecule has 0 aromatic heterocycles. The van der Waals surface area contributed by atoms with E-state index in [0.29, 0.717) is 19.1 Å². The van der Waals surface area contributed by atoms with E-state index in [0.717, 1.165) is 5.69 Å². The molecule has 3 heteroatoms. The Bertz CT molecular complexity index is 411. The highest BCUT2D eigenvalue weighted by atomic mass is 16.5. The van der Waals surface area contributed by atoms with Crippen LogP contribution in [-0.2, 0) is 9.53 Å². The Balaban J connectivity index is 2.51. The standard InChI is InChI=1S/C15H21NO2/c1-4-18-15(17)10-7-11-16-14-9-6-5-8-13(14)12(2)3/h5-10,12,16H,4,11H2,1-3H3/b10-7+. The van der Waals surface area contributed by atoms with E-state index in [1.807, 2.05) is 18.2 Å². The van der Waals surface area contributed by atoms with Crippen LogP contribution in [0.15, 0.2) is 36.4 Å². The number of carbonyl (C=O) groups excluding carboxylic acids is 1. The molecule has 0 aliphatic carbocycles. The van der Waals surface area contributed by atoms with Crippen LogP contribution in [0.3, 0.4) is 0 Å². The Morgan fingerprint density at radius 3 is 2.78 bits per heavy atom. The van der Waals surface area contributed by atoms with E-state index in [9.17, 15) is 4.79 Å². The van der Waals surface area contributed by atoms with Gasteiger partial charge in [0, 0.05) is 18.3 Å². The van der Waals surface area contributed by atoms with Crippen molar-refractivity contribution in [3.05, 3.63) is 42.0 Å². The molecular weight excluding hydrogens is 226 g/mol. The summed E-state index contributed by atoms with van der Waals surface area (Å²) in [6.07, 6.45) is 3.23. The molecule has 1 rings (SSSR count). The molecule has 0 saturated heterocycles. The van der Waals surface area contributed by atoms with Crippen LogP contribution in [0.1, 0.15) is 32.3 Å². The van der Waals surface area contributed by atoms with Crippen molar-refractivity contribution in [3.63, 3.8) is 0 Å². The lowest BCUT2D eigenvalue weighted by atomic mass is 10.0. The van der Waals surface area contributed by atoms with E-state index in [1.54, 1.807) is 13.0 Å². The number of carbonyl (C=O) groups is 1. The average molecular weight is 247 g/mol. The highest BCUT2D eigenvalue weighted by Crippen LogP contribution is 2.23. The fourth-order valence-corrected chi connectivity index (χ4v) is 1.68. The molecule has 0 fully saturated rings. The fraction of sp³-hybridized carbons (Fsp3) is 0.400. The van der Waals surface area contributed by atoms with Gasteiger partial charge in [0.2, 0.25) is 0 Å². The summed E-state index contributed by atoms with van der Waals surface area (Å²) in [5.41, 5.74) is 2.39. The molecule has 0 radical (unpaired) electrons. The summed E-state index contributed by atoms with van der Waals surface area (Å²) in [4.78, 5) is 11.1. The van der Waals surface area contributed by atoms with Crippen LogP contribution < -0.4 is 5.32 Å². The molecule has 3 nitrogen and oxygen atoms in total. The summed E-state index contributed by atoms with van der Waals surface area (Å²) >= 11 is 0. The predicted octanol–water partition coefficient (Wildman–Crippen LogP) is 3.34. The topological polar surface area (TPSA) is 38.3 Å². The zero-order chi connectivity index (χ0) is 13.4. The van der Waals surface area contributed by atoms with E-state index < -0.39 is 0 Å². The molecule has 0 spiro atoms. The maximum atomic E-state index is 11.1. The molecule has 0 bridgehead atoms. The summed E-state index contributed by atoms with van der Waals surface area (Å²) in [5.74, 6) is 0.180. The van der Waals surface area contributed by atoms with Gasteiger partial charge in [-0.1, -0.05) is 38.1 Å². The first-order valence-electron chi connectivity index (χ1n) is 6.31. The van der Waals surface area contributed by atoms with Crippen molar-refractivity contribution >= 4 is 11.7 Å². The van der Waals surface area contributed by atoms with Crippen LogP contribution in [-0.4, -0.2) is 19.1 Å². The molecule has 0 amide bonds. The first kappa shape index (κ1) is 14.3. The van der Waals surface area contributed by atoms with Crippen molar-refractivity contribution < 1.29 is 9.53 Å². The van der Waals surface area contributed by atoms with Gasteiger partial charge >= 0.3 is 5.97 Å². The quantitative estimate of drug-likeness (QED) is 0.619. The van der Waals surface area contributed by atoms with Gasteiger partial charge in [0.05, 0.1) is 6.61 Å². The number of anilines is 1. The third-order valence-corrected chi connectivity index (χ3v) is 2.53. The summed E-state index contributed by atoms with van der Waals surface area (Å²) in [6, 6.07) is 8.20. The Morgan fingerprint density at radius 1 is 1.39 bits per heavy atom. The molecule has 0 aliphatic heterocycles. The van der Waals surface area contributed by atoms with Crippen molar-refractivity contribution in [2.45, 2.75) is 26.7 Å². The molecule has 1 aromatic carbocycles. The monoisotopic (exact) mass is 247 g/mol. The van der Waals surface area contributed by atoms with E-state index in [1.165, 1.54) is 11.6 Å². The first-order valence-corrected chi connectivity index (χ1v) is 6.31. The largest absolute Gasteiger partial charge is 0.463 e. The van der Waals surface area contributed by atoms with E-state index in [4.69, 9.17) is 4.74 Å². The van der Waals surface area contributed by atoms with Gasteiger partial charge in [-0.2, -0.15) is 0 Å². The third-order valence-electron chi connectivity index (χ3n) is 2.53. The van der Waals surface area contributed by atoms with E-state index in [-0.39, 0.29) is 5.97 Å². The number of hydrogen-bond donors (Lipinski definition) is 1. The molecule has 1 aromatic rings. The van der Waals surface area contributed by atoms with Gasteiger partial charge in [-0.05, 0) is 24.5 Å². The highest BCUT2D eigenvalue weighted by Gasteiger charge is 2.03. The first-order chi connectivity index (χ1) is 8.65. The van der Waals surface area contributed by atoms with Gasteiger partial charge in [0.15, 0.2) is 0 Å². The van der Waals surface area contributed by atoms with Crippen LogP contribution in [0.2, 0.25) is 0 Å². The summed E-state index contributed by atoms with van der Waals surface area (Å²) in [5, 5.41) is 3.30. The number of nitrogens with one attached hydrogen (secondary N) is 1. The lowest BCUT2D eigenvalue weighted by Crippen LogP contribution is -2.04. The normalized spacial score (nSPS) is 10.9. The van der Waals surface area contributed by atoms with Crippen molar-refractivity contribution in [3.8, 4) is 0 Å². The minimum atomic E-state index is -0.295. The van der Waals surface area contributed by atoms with Gasteiger partial charge in [0.25, 0.3) is 0 Å². The SMILES string of the molecule is CCOC(=O)/C=C/CNc1ccccc1C(C)C. The summed E-state index contributed by atoms with van der Waals surface area (Å²) in [7, 11) is 0. The molecule has 0 heterocycles. The van der Waals surface area contributed by atoms with Crippen LogP contribution in [0.25, 0.3) is 0 Å². The molecule has 18 heavy (non-hydrogen) atoms. The van der Waals surface area contributed by atoms with Crippen molar-refractivity contribution in [2.75, 3.05) is 18.5 Å². The molecule has 0 aliphatic rings. The molecule has 0 unspecified atom stereocenters. The van der Waals surface area contributed by atoms with Crippen molar-refractivity contribution in [2.24, 2.45) is 0 Å². The minimum absolute atomic E-state index is 0.295. The number of rotatable bonds is 6. The molecular formula is C15H21NO2. The van der Waals surface area contributed by atoms with Crippen molar-refractivity contribution in [1.29, 1.82) is 0 Å². The van der Waals surface area contributed by atoms with Crippen LogP contribution >= 0.6 is 0 Å². The van der Waals surface area contributed by atoms with E-state index >= 15 is 0 Å². The molecule has 98 valence electrons. The van der Waals surface area contributed by atoms with Crippen LogP contribution in [0, 0.1) is 0 Å². The number of para-hydroxylation sites is 1. The van der Waals surface area contributed by atoms with Crippen LogP contribution in [0.4, 0.5) is 5.69 Å². The Hall–Kier alpha value is -1.77. The van der Waals surface area contributed by atoms with Gasteiger partial charge < -0.3 is 10.1 Å². The maximum absolute atomic E-state index is 11.1. The lowest BCUT2D eigenvalue weighted by Gasteiger charge is -2.13. The fourth-order valence-electron chi connectivity index (χ4n) is 1.68. The number of benzene rings is 1. The lowest BCUT2D eigenvalue weighted by molar-refractivity contribution is -0.137. The van der Waals surface area contributed by atoms with Crippen molar-refractivity contribution in [1.82, 2.24) is 0 Å². The van der Waals surface area contributed by atoms with Gasteiger partial charge in [-0.3, -0.25) is 0 Å². The second-order valence-electron chi connectivity index (χ2n) is 4.28. The predicted molar refractivity (Wildman–Crippen MR) is 74.8 cm³/mol. The van der Waals surface area contributed by atoms with Gasteiger partial charge in [-0.25, -0.2) is 4.79 Å². The average Bonchev–Trinajstić information content (AvgIpc) is 2.35. The van der Waals surface area contributed by atoms with Crippen LogP contribution in [0.5, 0.6) is 0 Å². The third kappa shape index (κ3) is 4.62. The molecule has 1 N–H and O–H groups in total. The number of esters is 1. The number of hydrogen-bond acceptors (Lipinski definition) is 3. The zero-order valence-corrected chi connectivity index (χ0v) is 11.3. The van der Waals surface area contributed by atoms with E-state index in [2.05, 4.69) is 25.2 Å². The second kappa shape index (κ2) is 7.54. The Kier molecular flexibility index (Phi) is 5.98. The molecule has 0 atom stereocenters. The minimum Gasteiger partial charge on any atom is -0.463 e. The Morgan fingerprint density at radius 2 is 2.11 bits per heavy atom. The maximum Gasteiger partial charge on any atom is 0.330 e.